The number of hydrogen-bond donors (Lipinski definition) is 2. The monoisotopic (exact) mass is 343 g/mol. The molecule has 2 heterocycles. The lowest BCUT2D eigenvalue weighted by Gasteiger charge is -2.34. The topological polar surface area (TPSA) is 70.7 Å². The number of carbonyl (C=O) groups is 2. The Bertz CT molecular complexity index is 664. The number of piperidine rings is 1. The van der Waals surface area contributed by atoms with Crippen molar-refractivity contribution in [2.24, 2.45) is 5.92 Å². The maximum atomic E-state index is 12.5. The van der Waals surface area contributed by atoms with Crippen LogP contribution in [0.4, 0.5) is 4.79 Å². The van der Waals surface area contributed by atoms with E-state index in [4.69, 9.17) is 4.74 Å². The largest absolute Gasteiger partial charge is 0.466 e. The Morgan fingerprint density at radius 1 is 1.24 bits per heavy atom. The Morgan fingerprint density at radius 2 is 1.92 bits per heavy atom. The molecule has 3 rings (SSSR count). The molecule has 1 saturated heterocycles. The third-order valence-corrected chi connectivity index (χ3v) is 4.95. The van der Waals surface area contributed by atoms with Crippen LogP contribution in [-0.2, 0) is 9.53 Å². The van der Waals surface area contributed by atoms with E-state index in [1.165, 1.54) is 7.11 Å². The maximum absolute atomic E-state index is 12.5. The molecule has 2 aliphatic rings. The van der Waals surface area contributed by atoms with Crippen LogP contribution in [0.3, 0.4) is 0 Å². The van der Waals surface area contributed by atoms with Crippen LogP contribution in [0.2, 0.25) is 0 Å². The van der Waals surface area contributed by atoms with E-state index in [0.717, 1.165) is 37.4 Å². The third-order valence-electron chi connectivity index (χ3n) is 4.95. The number of nitrogens with one attached hydrogen (secondary N) is 2. The molecule has 25 heavy (non-hydrogen) atoms. The van der Waals surface area contributed by atoms with Gasteiger partial charge in [0.05, 0.1) is 18.7 Å². The SMILES string of the molecule is COC(=O)C1=C(CN2CCC(C)CC2)NC(=O)N[C@H]1c1ccccc1. The molecule has 1 aromatic rings. The molecule has 0 spiro atoms. The van der Waals surface area contributed by atoms with Crippen LogP contribution in [-0.4, -0.2) is 43.6 Å². The highest BCUT2D eigenvalue weighted by Crippen LogP contribution is 2.28. The normalized spacial score (nSPS) is 22.3. The molecular formula is C19H25N3O3. The fraction of sp³-hybridized carbons (Fsp3) is 0.474. The van der Waals surface area contributed by atoms with E-state index in [1.807, 2.05) is 30.3 Å². The van der Waals surface area contributed by atoms with Gasteiger partial charge in [-0.15, -0.1) is 0 Å². The molecule has 6 nitrogen and oxygen atoms in total. The average Bonchev–Trinajstić information content (AvgIpc) is 2.63. The van der Waals surface area contributed by atoms with Gasteiger partial charge in [-0.2, -0.15) is 0 Å². The number of carbonyl (C=O) groups excluding carboxylic acids is 2. The predicted octanol–water partition coefficient (Wildman–Crippen LogP) is 2.20. The lowest BCUT2D eigenvalue weighted by Crippen LogP contribution is -2.49. The molecule has 0 bridgehead atoms. The zero-order valence-electron chi connectivity index (χ0n) is 14.7. The fourth-order valence-electron chi connectivity index (χ4n) is 3.43. The molecule has 6 heteroatoms. The summed E-state index contributed by atoms with van der Waals surface area (Å²) in [5, 5.41) is 5.67. The maximum Gasteiger partial charge on any atom is 0.338 e. The summed E-state index contributed by atoms with van der Waals surface area (Å²) >= 11 is 0. The molecule has 1 atom stereocenters. The minimum absolute atomic E-state index is 0.290. The van der Waals surface area contributed by atoms with Gasteiger partial charge in [0, 0.05) is 12.2 Å². The first-order valence-electron chi connectivity index (χ1n) is 8.74. The van der Waals surface area contributed by atoms with Crippen molar-refractivity contribution in [2.75, 3.05) is 26.7 Å². The van der Waals surface area contributed by atoms with Crippen LogP contribution >= 0.6 is 0 Å². The van der Waals surface area contributed by atoms with Crippen molar-refractivity contribution in [2.45, 2.75) is 25.8 Å². The van der Waals surface area contributed by atoms with Gasteiger partial charge in [0.2, 0.25) is 0 Å². The summed E-state index contributed by atoms with van der Waals surface area (Å²) in [5.41, 5.74) is 1.98. The first-order chi connectivity index (χ1) is 12.1. The summed E-state index contributed by atoms with van der Waals surface area (Å²) in [6.45, 7) is 4.75. The van der Waals surface area contributed by atoms with Crippen molar-refractivity contribution >= 4 is 12.0 Å². The van der Waals surface area contributed by atoms with E-state index in [9.17, 15) is 9.59 Å². The fourth-order valence-corrected chi connectivity index (χ4v) is 3.43. The standard InChI is InChI=1S/C19H25N3O3/c1-13-8-10-22(11-9-13)12-15-16(18(23)25-2)17(21-19(24)20-15)14-6-4-3-5-7-14/h3-7,13,17H,8-12H2,1-2H3,(H2,20,21,24)/t17-/m0/s1. The van der Waals surface area contributed by atoms with Crippen LogP contribution in [0.1, 0.15) is 31.4 Å². The molecule has 0 saturated carbocycles. The first-order valence-corrected chi connectivity index (χ1v) is 8.74. The van der Waals surface area contributed by atoms with Gasteiger partial charge in [0.15, 0.2) is 0 Å². The predicted molar refractivity (Wildman–Crippen MR) is 94.7 cm³/mol. The number of esters is 1. The van der Waals surface area contributed by atoms with E-state index >= 15 is 0 Å². The van der Waals surface area contributed by atoms with E-state index in [0.29, 0.717) is 17.8 Å². The van der Waals surface area contributed by atoms with Crippen molar-refractivity contribution in [1.29, 1.82) is 0 Å². The minimum atomic E-state index is -0.499. The number of urea groups is 1. The molecule has 0 unspecified atom stereocenters. The number of methoxy groups -OCH3 is 1. The number of benzene rings is 1. The summed E-state index contributed by atoms with van der Waals surface area (Å²) in [6.07, 6.45) is 2.27. The van der Waals surface area contributed by atoms with Gasteiger partial charge in [-0.05, 0) is 37.4 Å². The van der Waals surface area contributed by atoms with Crippen molar-refractivity contribution < 1.29 is 14.3 Å². The summed E-state index contributed by atoms with van der Waals surface area (Å²) in [7, 11) is 1.37. The number of likely N-dealkylation sites (tertiary alicyclic amines) is 1. The summed E-state index contributed by atoms with van der Waals surface area (Å²) in [4.78, 5) is 26.9. The van der Waals surface area contributed by atoms with E-state index in [-0.39, 0.29) is 6.03 Å². The van der Waals surface area contributed by atoms with Gasteiger partial charge in [-0.1, -0.05) is 37.3 Å². The molecule has 2 amide bonds. The lowest BCUT2D eigenvalue weighted by atomic mass is 9.94. The Balaban J connectivity index is 1.92. The van der Waals surface area contributed by atoms with E-state index < -0.39 is 12.0 Å². The quantitative estimate of drug-likeness (QED) is 0.822. The molecule has 0 aromatic heterocycles. The zero-order valence-corrected chi connectivity index (χ0v) is 14.7. The Labute approximate surface area is 148 Å². The summed E-state index contributed by atoms with van der Waals surface area (Å²) < 4.78 is 5.01. The molecule has 1 aromatic carbocycles. The first kappa shape index (κ1) is 17.5. The van der Waals surface area contributed by atoms with Gasteiger partial charge in [0.25, 0.3) is 0 Å². The number of nitrogens with zero attached hydrogens (tertiary/aromatic N) is 1. The van der Waals surface area contributed by atoms with Crippen molar-refractivity contribution in [3.63, 3.8) is 0 Å². The molecule has 1 fully saturated rings. The van der Waals surface area contributed by atoms with Crippen molar-refractivity contribution in [3.8, 4) is 0 Å². The molecule has 2 N–H and O–H groups in total. The number of amides is 2. The van der Waals surface area contributed by atoms with Crippen LogP contribution < -0.4 is 10.6 Å². The van der Waals surface area contributed by atoms with Gasteiger partial charge >= 0.3 is 12.0 Å². The van der Waals surface area contributed by atoms with E-state index in [2.05, 4.69) is 22.5 Å². The molecule has 2 aliphatic heterocycles. The number of hydrogen-bond acceptors (Lipinski definition) is 4. The Hall–Kier alpha value is -2.34. The highest BCUT2D eigenvalue weighted by molar-refractivity contribution is 5.95. The second kappa shape index (κ2) is 7.70. The summed E-state index contributed by atoms with van der Waals surface area (Å²) in [5.74, 6) is 0.312. The Kier molecular flexibility index (Phi) is 5.38. The second-order valence-corrected chi connectivity index (χ2v) is 6.78. The lowest BCUT2D eigenvalue weighted by molar-refractivity contribution is -0.136. The van der Waals surface area contributed by atoms with Gasteiger partial charge < -0.3 is 15.4 Å². The average molecular weight is 343 g/mol. The van der Waals surface area contributed by atoms with Gasteiger partial charge in [0.1, 0.15) is 0 Å². The molecule has 134 valence electrons. The number of ether oxygens (including phenoxy) is 1. The highest BCUT2D eigenvalue weighted by Gasteiger charge is 2.34. The van der Waals surface area contributed by atoms with Gasteiger partial charge in [-0.3, -0.25) is 4.90 Å². The van der Waals surface area contributed by atoms with Crippen LogP contribution in [0, 0.1) is 5.92 Å². The third kappa shape index (κ3) is 4.02. The van der Waals surface area contributed by atoms with Gasteiger partial charge in [-0.25, -0.2) is 9.59 Å². The van der Waals surface area contributed by atoms with Crippen LogP contribution in [0.5, 0.6) is 0 Å². The van der Waals surface area contributed by atoms with Crippen LogP contribution in [0.25, 0.3) is 0 Å². The molecular weight excluding hydrogens is 318 g/mol. The molecule has 0 aliphatic carbocycles. The second-order valence-electron chi connectivity index (χ2n) is 6.78. The highest BCUT2D eigenvalue weighted by atomic mass is 16.5. The summed E-state index contributed by atoms with van der Waals surface area (Å²) in [6, 6.07) is 8.71. The smallest absolute Gasteiger partial charge is 0.338 e. The van der Waals surface area contributed by atoms with E-state index in [1.54, 1.807) is 0 Å². The number of rotatable bonds is 4. The molecule has 0 radical (unpaired) electrons. The van der Waals surface area contributed by atoms with Crippen molar-refractivity contribution in [1.82, 2.24) is 15.5 Å². The van der Waals surface area contributed by atoms with Crippen LogP contribution in [0.15, 0.2) is 41.6 Å². The van der Waals surface area contributed by atoms with Crippen molar-refractivity contribution in [3.05, 3.63) is 47.2 Å². The zero-order chi connectivity index (χ0) is 17.8. The minimum Gasteiger partial charge on any atom is -0.466 e. The Morgan fingerprint density at radius 3 is 2.56 bits per heavy atom.